The van der Waals surface area contributed by atoms with Crippen LogP contribution in [-0.4, -0.2) is 32.7 Å². The number of nitrogen functional groups attached to an aromatic ring is 1. The van der Waals surface area contributed by atoms with Crippen LogP contribution in [0.1, 0.15) is 0 Å². The highest BCUT2D eigenvalue weighted by Crippen LogP contribution is 2.31. The van der Waals surface area contributed by atoms with E-state index in [0.717, 1.165) is 0 Å². The fraction of sp³-hybridized carbons (Fsp3) is 0.455. The third-order valence-electron chi connectivity index (χ3n) is 2.58. The molecule has 2 rings (SSSR count). The number of hydrogen-bond donors (Lipinski definition) is 1. The van der Waals surface area contributed by atoms with Crippen molar-refractivity contribution >= 4 is 11.4 Å². The minimum atomic E-state index is -4.70. The first-order valence-electron chi connectivity index (χ1n) is 5.44. The number of ether oxygens (including phenoxy) is 2. The van der Waals surface area contributed by atoms with Gasteiger partial charge in [0.05, 0.1) is 24.6 Å². The number of morpholine rings is 1. The van der Waals surface area contributed by atoms with Gasteiger partial charge in [-0.1, -0.05) is 0 Å². The fourth-order valence-corrected chi connectivity index (χ4v) is 1.82. The number of benzene rings is 1. The van der Waals surface area contributed by atoms with Crippen LogP contribution in [0.25, 0.3) is 0 Å². The molecule has 1 aromatic carbocycles. The summed E-state index contributed by atoms with van der Waals surface area (Å²) < 4.78 is 45.1. The van der Waals surface area contributed by atoms with Crippen LogP contribution in [0.5, 0.6) is 5.75 Å². The Labute approximate surface area is 102 Å². The van der Waals surface area contributed by atoms with Crippen molar-refractivity contribution in [2.45, 2.75) is 6.36 Å². The second-order valence-corrected chi connectivity index (χ2v) is 3.87. The average Bonchev–Trinajstić information content (AvgIpc) is 2.28. The van der Waals surface area contributed by atoms with E-state index in [1.165, 1.54) is 18.2 Å². The highest BCUT2D eigenvalue weighted by Gasteiger charge is 2.31. The van der Waals surface area contributed by atoms with E-state index in [1.807, 2.05) is 4.90 Å². The molecule has 0 radical (unpaired) electrons. The summed E-state index contributed by atoms with van der Waals surface area (Å²) in [6.07, 6.45) is -4.70. The molecule has 0 bridgehead atoms. The maximum absolute atomic E-state index is 12.0. The van der Waals surface area contributed by atoms with Crippen molar-refractivity contribution in [1.82, 2.24) is 0 Å². The molecule has 0 aromatic heterocycles. The quantitative estimate of drug-likeness (QED) is 0.828. The predicted molar refractivity (Wildman–Crippen MR) is 60.6 cm³/mol. The van der Waals surface area contributed by atoms with Crippen LogP contribution in [0.2, 0.25) is 0 Å². The molecular weight excluding hydrogens is 249 g/mol. The summed E-state index contributed by atoms with van der Waals surface area (Å²) in [5.74, 6) is -0.308. The minimum Gasteiger partial charge on any atom is -0.406 e. The Morgan fingerprint density at radius 1 is 1.22 bits per heavy atom. The molecule has 1 saturated heterocycles. The maximum Gasteiger partial charge on any atom is 0.573 e. The van der Waals surface area contributed by atoms with Crippen molar-refractivity contribution < 1.29 is 22.6 Å². The van der Waals surface area contributed by atoms with Crippen molar-refractivity contribution in [1.29, 1.82) is 0 Å². The van der Waals surface area contributed by atoms with E-state index < -0.39 is 6.36 Å². The second-order valence-electron chi connectivity index (χ2n) is 3.87. The van der Waals surface area contributed by atoms with Gasteiger partial charge in [-0.2, -0.15) is 0 Å². The molecule has 100 valence electrons. The normalized spacial score (nSPS) is 16.7. The third kappa shape index (κ3) is 3.19. The van der Waals surface area contributed by atoms with E-state index in [2.05, 4.69) is 4.74 Å². The van der Waals surface area contributed by atoms with Gasteiger partial charge in [-0.25, -0.2) is 0 Å². The summed E-state index contributed by atoms with van der Waals surface area (Å²) >= 11 is 0. The molecule has 2 N–H and O–H groups in total. The molecule has 1 aliphatic rings. The van der Waals surface area contributed by atoms with Crippen LogP contribution in [0.4, 0.5) is 24.5 Å². The first-order valence-corrected chi connectivity index (χ1v) is 5.44. The Bertz CT molecular complexity index is 417. The monoisotopic (exact) mass is 262 g/mol. The van der Waals surface area contributed by atoms with E-state index in [4.69, 9.17) is 10.5 Å². The van der Waals surface area contributed by atoms with Crippen molar-refractivity contribution in [2.24, 2.45) is 0 Å². The average molecular weight is 262 g/mol. The molecule has 18 heavy (non-hydrogen) atoms. The second kappa shape index (κ2) is 4.93. The Balaban J connectivity index is 2.14. The molecule has 0 amide bonds. The number of nitrogens with zero attached hydrogens (tertiary/aromatic N) is 1. The number of rotatable bonds is 2. The molecule has 1 aliphatic heterocycles. The van der Waals surface area contributed by atoms with Crippen LogP contribution in [-0.2, 0) is 4.74 Å². The number of halogens is 3. The van der Waals surface area contributed by atoms with Gasteiger partial charge >= 0.3 is 6.36 Å². The van der Waals surface area contributed by atoms with Crippen molar-refractivity contribution in [3.63, 3.8) is 0 Å². The fourth-order valence-electron chi connectivity index (χ4n) is 1.82. The van der Waals surface area contributed by atoms with E-state index in [9.17, 15) is 13.2 Å². The molecule has 1 fully saturated rings. The molecule has 0 unspecified atom stereocenters. The highest BCUT2D eigenvalue weighted by molar-refractivity contribution is 5.69. The number of alkyl halides is 3. The first kappa shape index (κ1) is 12.8. The maximum atomic E-state index is 12.0. The van der Waals surface area contributed by atoms with Gasteiger partial charge in [-0.15, -0.1) is 13.2 Å². The van der Waals surface area contributed by atoms with Crippen LogP contribution in [0, 0.1) is 0 Å². The van der Waals surface area contributed by atoms with E-state index in [-0.39, 0.29) is 11.4 Å². The van der Waals surface area contributed by atoms with Gasteiger partial charge in [0.2, 0.25) is 0 Å². The summed E-state index contributed by atoms with van der Waals surface area (Å²) in [7, 11) is 0. The lowest BCUT2D eigenvalue weighted by molar-refractivity contribution is -0.274. The third-order valence-corrected chi connectivity index (χ3v) is 2.58. The van der Waals surface area contributed by atoms with Gasteiger partial charge in [0.25, 0.3) is 0 Å². The summed E-state index contributed by atoms with van der Waals surface area (Å²) in [5.41, 5.74) is 6.71. The van der Waals surface area contributed by atoms with Gasteiger partial charge in [0.1, 0.15) is 5.75 Å². The zero-order valence-corrected chi connectivity index (χ0v) is 9.54. The van der Waals surface area contributed by atoms with E-state index >= 15 is 0 Å². The predicted octanol–water partition coefficient (Wildman–Crippen LogP) is 2.00. The molecule has 0 spiro atoms. The summed E-state index contributed by atoms with van der Waals surface area (Å²) in [5, 5.41) is 0. The number of anilines is 2. The standard InChI is InChI=1S/C11H13F3N2O2/c12-11(13,14)18-8-1-2-10(9(15)7-8)16-3-5-17-6-4-16/h1-2,7H,3-6,15H2. The summed E-state index contributed by atoms with van der Waals surface area (Å²) in [6, 6.07) is 3.97. The molecule has 1 heterocycles. The number of nitrogens with two attached hydrogens (primary N) is 1. The number of hydrogen-bond acceptors (Lipinski definition) is 4. The topological polar surface area (TPSA) is 47.7 Å². The van der Waals surface area contributed by atoms with Gasteiger partial charge in [0, 0.05) is 19.2 Å². The van der Waals surface area contributed by atoms with Gasteiger partial charge in [-0.05, 0) is 12.1 Å². The Morgan fingerprint density at radius 3 is 2.44 bits per heavy atom. The lowest BCUT2D eigenvalue weighted by Crippen LogP contribution is -2.36. The van der Waals surface area contributed by atoms with Crippen LogP contribution in [0.3, 0.4) is 0 Å². The van der Waals surface area contributed by atoms with Gasteiger partial charge < -0.3 is 20.1 Å². The van der Waals surface area contributed by atoms with Crippen molar-refractivity contribution in [3.8, 4) is 5.75 Å². The van der Waals surface area contributed by atoms with Gasteiger partial charge in [-0.3, -0.25) is 0 Å². The molecule has 0 aliphatic carbocycles. The molecule has 7 heteroatoms. The largest absolute Gasteiger partial charge is 0.573 e. The zero-order valence-electron chi connectivity index (χ0n) is 9.54. The smallest absolute Gasteiger partial charge is 0.406 e. The van der Waals surface area contributed by atoms with Crippen LogP contribution < -0.4 is 15.4 Å². The summed E-state index contributed by atoms with van der Waals surface area (Å²) in [4.78, 5) is 1.97. The molecular formula is C11H13F3N2O2. The molecule has 0 saturated carbocycles. The molecule has 1 aromatic rings. The molecule has 4 nitrogen and oxygen atoms in total. The Hall–Kier alpha value is -1.63. The van der Waals surface area contributed by atoms with Gasteiger partial charge in [0.15, 0.2) is 0 Å². The van der Waals surface area contributed by atoms with Crippen molar-refractivity contribution in [2.75, 3.05) is 36.9 Å². The Kier molecular flexibility index (Phi) is 3.51. The van der Waals surface area contributed by atoms with Crippen molar-refractivity contribution in [3.05, 3.63) is 18.2 Å². The first-order chi connectivity index (χ1) is 8.46. The van der Waals surface area contributed by atoms with E-state index in [1.54, 1.807) is 0 Å². The minimum absolute atomic E-state index is 0.263. The van der Waals surface area contributed by atoms with E-state index in [0.29, 0.717) is 32.0 Å². The van der Waals surface area contributed by atoms with Crippen LogP contribution in [0.15, 0.2) is 18.2 Å². The molecule has 0 atom stereocenters. The lowest BCUT2D eigenvalue weighted by Gasteiger charge is -2.30. The Morgan fingerprint density at radius 2 is 1.89 bits per heavy atom. The summed E-state index contributed by atoms with van der Waals surface area (Å²) in [6.45, 7) is 2.51. The highest BCUT2D eigenvalue weighted by atomic mass is 19.4. The van der Waals surface area contributed by atoms with Crippen LogP contribution >= 0.6 is 0 Å². The zero-order chi connectivity index (χ0) is 13.2. The SMILES string of the molecule is Nc1cc(OC(F)(F)F)ccc1N1CCOCC1. The lowest BCUT2D eigenvalue weighted by atomic mass is 10.2.